The van der Waals surface area contributed by atoms with Gasteiger partial charge in [-0.3, -0.25) is 4.79 Å². The van der Waals surface area contributed by atoms with Crippen molar-refractivity contribution < 1.29 is 19.0 Å². The van der Waals surface area contributed by atoms with E-state index in [1.54, 1.807) is 25.3 Å². The van der Waals surface area contributed by atoms with Crippen LogP contribution in [0.25, 0.3) is 0 Å². The van der Waals surface area contributed by atoms with Crippen molar-refractivity contribution in [3.8, 4) is 11.5 Å². The van der Waals surface area contributed by atoms with E-state index in [4.69, 9.17) is 14.2 Å². The van der Waals surface area contributed by atoms with Crippen molar-refractivity contribution in [2.45, 2.75) is 25.4 Å². The quantitative estimate of drug-likeness (QED) is 0.866. The number of benzene rings is 2. The highest BCUT2D eigenvalue weighted by Crippen LogP contribution is 2.27. The van der Waals surface area contributed by atoms with Gasteiger partial charge in [0.1, 0.15) is 18.1 Å². The first-order valence-corrected chi connectivity index (χ1v) is 8.55. The molecule has 0 bridgehead atoms. The number of anilines is 1. The molecule has 132 valence electrons. The van der Waals surface area contributed by atoms with Crippen molar-refractivity contribution >= 4 is 11.6 Å². The van der Waals surface area contributed by atoms with Crippen LogP contribution in [0.2, 0.25) is 0 Å². The molecule has 0 spiro atoms. The molecule has 3 rings (SSSR count). The number of hydrogen-bond acceptors (Lipinski definition) is 4. The van der Waals surface area contributed by atoms with Gasteiger partial charge in [-0.2, -0.15) is 0 Å². The Labute approximate surface area is 147 Å². The predicted octanol–water partition coefficient (Wildman–Crippen LogP) is 3.90. The highest BCUT2D eigenvalue weighted by molar-refractivity contribution is 6.06. The van der Waals surface area contributed by atoms with Crippen LogP contribution in [-0.4, -0.2) is 32.3 Å². The van der Waals surface area contributed by atoms with Crippen LogP contribution in [-0.2, 0) is 4.74 Å². The predicted molar refractivity (Wildman–Crippen MR) is 96.5 cm³/mol. The summed E-state index contributed by atoms with van der Waals surface area (Å²) in [5.74, 6) is 0.941. The van der Waals surface area contributed by atoms with Crippen molar-refractivity contribution in [1.82, 2.24) is 0 Å². The molecule has 2 aromatic rings. The van der Waals surface area contributed by atoms with Gasteiger partial charge in [0.2, 0.25) is 0 Å². The Hall–Kier alpha value is -2.53. The Bertz CT molecular complexity index is 710. The number of hydrogen-bond donors (Lipinski definition) is 1. The molecule has 0 radical (unpaired) electrons. The summed E-state index contributed by atoms with van der Waals surface area (Å²) in [5.41, 5.74) is 1.12. The zero-order chi connectivity index (χ0) is 17.5. The topological polar surface area (TPSA) is 56.8 Å². The van der Waals surface area contributed by atoms with Gasteiger partial charge in [0.15, 0.2) is 0 Å². The van der Waals surface area contributed by atoms with Crippen molar-refractivity contribution in [3.05, 3.63) is 54.1 Å². The van der Waals surface area contributed by atoms with Gasteiger partial charge >= 0.3 is 0 Å². The summed E-state index contributed by atoms with van der Waals surface area (Å²) in [5, 5.41) is 2.90. The van der Waals surface area contributed by atoms with E-state index in [2.05, 4.69) is 5.32 Å². The Kier molecular flexibility index (Phi) is 5.90. The molecule has 5 heteroatoms. The van der Waals surface area contributed by atoms with Crippen LogP contribution in [0.3, 0.4) is 0 Å². The van der Waals surface area contributed by atoms with Gasteiger partial charge in [-0.25, -0.2) is 0 Å². The van der Waals surface area contributed by atoms with E-state index in [1.807, 2.05) is 30.3 Å². The zero-order valence-corrected chi connectivity index (χ0v) is 14.4. The Balaban J connectivity index is 1.68. The zero-order valence-electron chi connectivity index (χ0n) is 14.4. The molecule has 1 atom stereocenters. The maximum Gasteiger partial charge on any atom is 0.259 e. The van der Waals surface area contributed by atoms with Crippen molar-refractivity contribution in [3.63, 3.8) is 0 Å². The molecule has 2 aromatic carbocycles. The fourth-order valence-electron chi connectivity index (χ4n) is 2.84. The van der Waals surface area contributed by atoms with E-state index in [0.717, 1.165) is 19.4 Å². The van der Waals surface area contributed by atoms with Gasteiger partial charge in [0.25, 0.3) is 5.91 Å². The standard InChI is InChI=1S/C20H23NO4/c1-23-18-11-4-2-9-16(18)20(22)21-17-10-3-5-12-19(17)25-14-15-8-6-7-13-24-15/h2-5,9-12,15H,6-8,13-14H2,1H3,(H,21,22). The minimum atomic E-state index is -0.234. The van der Waals surface area contributed by atoms with E-state index >= 15 is 0 Å². The largest absolute Gasteiger partial charge is 0.496 e. The summed E-state index contributed by atoms with van der Waals surface area (Å²) < 4.78 is 16.8. The lowest BCUT2D eigenvalue weighted by molar-refractivity contribution is -0.0109. The minimum Gasteiger partial charge on any atom is -0.496 e. The monoisotopic (exact) mass is 341 g/mol. The highest BCUT2D eigenvalue weighted by atomic mass is 16.5. The van der Waals surface area contributed by atoms with Crippen LogP contribution in [0.15, 0.2) is 48.5 Å². The summed E-state index contributed by atoms with van der Waals surface area (Å²) in [6.45, 7) is 1.28. The SMILES string of the molecule is COc1ccccc1C(=O)Nc1ccccc1OCC1CCCCO1. The van der Waals surface area contributed by atoms with Gasteiger partial charge in [-0.15, -0.1) is 0 Å². The number of rotatable bonds is 6. The second-order valence-corrected chi connectivity index (χ2v) is 5.95. The average Bonchev–Trinajstić information content (AvgIpc) is 2.68. The number of nitrogens with one attached hydrogen (secondary N) is 1. The van der Waals surface area contributed by atoms with Crippen LogP contribution >= 0.6 is 0 Å². The van der Waals surface area contributed by atoms with E-state index in [-0.39, 0.29) is 12.0 Å². The molecular formula is C20H23NO4. The highest BCUT2D eigenvalue weighted by Gasteiger charge is 2.17. The third kappa shape index (κ3) is 4.51. The molecule has 1 heterocycles. The summed E-state index contributed by atoms with van der Waals surface area (Å²) in [4.78, 5) is 12.6. The maximum absolute atomic E-state index is 12.6. The molecule has 1 aliphatic heterocycles. The molecule has 1 unspecified atom stereocenters. The van der Waals surface area contributed by atoms with Gasteiger partial charge < -0.3 is 19.5 Å². The second-order valence-electron chi connectivity index (χ2n) is 5.95. The number of carbonyl (C=O) groups is 1. The number of amides is 1. The Morgan fingerprint density at radius 3 is 2.64 bits per heavy atom. The smallest absolute Gasteiger partial charge is 0.259 e. The number of methoxy groups -OCH3 is 1. The molecule has 1 fully saturated rings. The summed E-state index contributed by atoms with van der Waals surface area (Å²) in [7, 11) is 1.55. The van der Waals surface area contributed by atoms with E-state index < -0.39 is 0 Å². The molecule has 1 aliphatic rings. The third-order valence-electron chi connectivity index (χ3n) is 4.19. The van der Waals surface area contributed by atoms with Crippen LogP contribution in [0.1, 0.15) is 29.6 Å². The van der Waals surface area contributed by atoms with Crippen LogP contribution < -0.4 is 14.8 Å². The molecule has 25 heavy (non-hydrogen) atoms. The summed E-state index contributed by atoms with van der Waals surface area (Å²) in [6.07, 6.45) is 3.41. The lowest BCUT2D eigenvalue weighted by Crippen LogP contribution is -2.26. The van der Waals surface area contributed by atoms with Crippen molar-refractivity contribution in [2.75, 3.05) is 25.6 Å². The van der Waals surface area contributed by atoms with Gasteiger partial charge in [0, 0.05) is 6.61 Å². The minimum absolute atomic E-state index is 0.117. The molecule has 1 saturated heterocycles. The van der Waals surface area contributed by atoms with Gasteiger partial charge in [0.05, 0.1) is 24.5 Å². The fraction of sp³-hybridized carbons (Fsp3) is 0.350. The number of carbonyl (C=O) groups excluding carboxylic acids is 1. The second kappa shape index (κ2) is 8.53. The lowest BCUT2D eigenvalue weighted by atomic mass is 10.1. The summed E-state index contributed by atoms with van der Waals surface area (Å²) >= 11 is 0. The van der Waals surface area contributed by atoms with Crippen LogP contribution in [0, 0.1) is 0 Å². The van der Waals surface area contributed by atoms with E-state index in [1.165, 1.54) is 6.42 Å². The molecular weight excluding hydrogens is 318 g/mol. The van der Waals surface area contributed by atoms with Gasteiger partial charge in [-0.05, 0) is 43.5 Å². The maximum atomic E-state index is 12.6. The first-order chi connectivity index (χ1) is 12.3. The molecule has 1 amide bonds. The Morgan fingerprint density at radius 1 is 1.12 bits per heavy atom. The normalized spacial score (nSPS) is 16.9. The fourth-order valence-corrected chi connectivity index (χ4v) is 2.84. The molecule has 0 aliphatic carbocycles. The molecule has 5 nitrogen and oxygen atoms in total. The third-order valence-corrected chi connectivity index (χ3v) is 4.19. The number of para-hydroxylation sites is 3. The molecule has 0 saturated carbocycles. The average molecular weight is 341 g/mol. The van der Waals surface area contributed by atoms with E-state index in [0.29, 0.717) is 29.4 Å². The Morgan fingerprint density at radius 2 is 1.88 bits per heavy atom. The first-order valence-electron chi connectivity index (χ1n) is 8.55. The molecule has 1 N–H and O–H groups in total. The van der Waals surface area contributed by atoms with Crippen molar-refractivity contribution in [1.29, 1.82) is 0 Å². The van der Waals surface area contributed by atoms with Crippen LogP contribution in [0.5, 0.6) is 11.5 Å². The van der Waals surface area contributed by atoms with E-state index in [9.17, 15) is 4.79 Å². The lowest BCUT2D eigenvalue weighted by Gasteiger charge is -2.23. The van der Waals surface area contributed by atoms with Gasteiger partial charge in [-0.1, -0.05) is 24.3 Å². The van der Waals surface area contributed by atoms with Crippen molar-refractivity contribution in [2.24, 2.45) is 0 Å². The first kappa shape index (κ1) is 17.3. The number of ether oxygens (including phenoxy) is 3. The van der Waals surface area contributed by atoms with Crippen LogP contribution in [0.4, 0.5) is 5.69 Å². The summed E-state index contributed by atoms with van der Waals surface area (Å²) in [6, 6.07) is 14.5. The molecule has 0 aromatic heterocycles.